The molecule has 1 N–H and O–H groups in total. The zero-order valence-electron chi connectivity index (χ0n) is 10.2. The number of nitrogens with one attached hydrogen (secondary N) is 1. The summed E-state index contributed by atoms with van der Waals surface area (Å²) in [5.74, 6) is 0.525. The van der Waals surface area contributed by atoms with E-state index in [1.165, 1.54) is 6.07 Å². The summed E-state index contributed by atoms with van der Waals surface area (Å²) in [6, 6.07) is 6.71. The summed E-state index contributed by atoms with van der Waals surface area (Å²) >= 11 is 3.36. The Morgan fingerprint density at radius 3 is 2.89 bits per heavy atom. The highest BCUT2D eigenvalue weighted by atomic mass is 79.9. The van der Waals surface area contributed by atoms with E-state index in [4.69, 9.17) is 4.42 Å². The molecule has 2 rings (SSSR count). The molecule has 1 aromatic carbocycles. The Morgan fingerprint density at radius 2 is 2.11 bits per heavy atom. The first-order valence-corrected chi connectivity index (χ1v) is 6.74. The van der Waals surface area contributed by atoms with E-state index in [0.717, 1.165) is 28.8 Å². The van der Waals surface area contributed by atoms with Gasteiger partial charge in [0.2, 0.25) is 0 Å². The van der Waals surface area contributed by atoms with Crippen LogP contribution in [0.5, 0.6) is 0 Å². The van der Waals surface area contributed by atoms with Crippen LogP contribution in [0.2, 0.25) is 0 Å². The average molecular weight is 312 g/mol. The van der Waals surface area contributed by atoms with E-state index < -0.39 is 0 Å². The van der Waals surface area contributed by atoms with Gasteiger partial charge in [-0.3, -0.25) is 0 Å². The van der Waals surface area contributed by atoms with Crippen molar-refractivity contribution >= 4 is 15.9 Å². The maximum Gasteiger partial charge on any atom is 0.131 e. The molecule has 0 amide bonds. The normalized spacial score (nSPS) is 10.8. The molecule has 0 aliphatic heterocycles. The van der Waals surface area contributed by atoms with Gasteiger partial charge in [-0.1, -0.05) is 22.9 Å². The number of rotatable bonds is 5. The van der Waals surface area contributed by atoms with Crippen LogP contribution in [0, 0.1) is 5.82 Å². The van der Waals surface area contributed by atoms with Gasteiger partial charge < -0.3 is 9.73 Å². The standard InChI is InChI=1S/C14H15BrFNO/c1-2-6-17-9-14-11(5-7-18-14)12-8-10(15)3-4-13(12)16/h3-5,7-8,17H,2,6,9H2,1H3. The lowest BCUT2D eigenvalue weighted by atomic mass is 10.1. The van der Waals surface area contributed by atoms with Crippen molar-refractivity contribution in [1.29, 1.82) is 0 Å². The molecule has 0 fully saturated rings. The number of hydrogen-bond acceptors (Lipinski definition) is 2. The van der Waals surface area contributed by atoms with Gasteiger partial charge in [-0.2, -0.15) is 0 Å². The Balaban J connectivity index is 2.27. The van der Waals surface area contributed by atoms with E-state index in [-0.39, 0.29) is 5.82 Å². The number of hydrogen-bond donors (Lipinski definition) is 1. The van der Waals surface area contributed by atoms with Crippen molar-refractivity contribution in [1.82, 2.24) is 5.32 Å². The molecule has 0 aliphatic carbocycles. The van der Waals surface area contributed by atoms with Crippen LogP contribution >= 0.6 is 15.9 Å². The van der Waals surface area contributed by atoms with Crippen LogP contribution in [-0.2, 0) is 6.54 Å². The van der Waals surface area contributed by atoms with Crippen molar-refractivity contribution in [2.75, 3.05) is 6.54 Å². The van der Waals surface area contributed by atoms with E-state index in [9.17, 15) is 4.39 Å². The molecule has 0 spiro atoms. The molecule has 4 heteroatoms. The topological polar surface area (TPSA) is 25.2 Å². The van der Waals surface area contributed by atoms with Gasteiger partial charge >= 0.3 is 0 Å². The summed E-state index contributed by atoms with van der Waals surface area (Å²) in [7, 11) is 0. The lowest BCUT2D eigenvalue weighted by Gasteiger charge is -2.06. The van der Waals surface area contributed by atoms with Gasteiger partial charge in [0.25, 0.3) is 0 Å². The van der Waals surface area contributed by atoms with Gasteiger partial charge in [-0.25, -0.2) is 4.39 Å². The van der Waals surface area contributed by atoms with Crippen LogP contribution in [0.4, 0.5) is 4.39 Å². The van der Waals surface area contributed by atoms with Gasteiger partial charge in [-0.15, -0.1) is 0 Å². The molecule has 0 saturated carbocycles. The van der Waals surface area contributed by atoms with Crippen molar-refractivity contribution in [2.45, 2.75) is 19.9 Å². The maximum absolute atomic E-state index is 13.8. The van der Waals surface area contributed by atoms with E-state index in [1.807, 2.05) is 0 Å². The summed E-state index contributed by atoms with van der Waals surface area (Å²) in [6.45, 7) is 3.63. The van der Waals surface area contributed by atoms with Crippen LogP contribution in [0.1, 0.15) is 19.1 Å². The molecule has 0 radical (unpaired) electrons. The van der Waals surface area contributed by atoms with Gasteiger partial charge in [0.15, 0.2) is 0 Å². The first-order valence-electron chi connectivity index (χ1n) is 5.95. The largest absolute Gasteiger partial charge is 0.467 e. The SMILES string of the molecule is CCCNCc1occc1-c1cc(Br)ccc1F. The third kappa shape index (κ3) is 3.00. The average Bonchev–Trinajstić information content (AvgIpc) is 2.81. The Morgan fingerprint density at radius 1 is 1.28 bits per heavy atom. The molecule has 2 nitrogen and oxygen atoms in total. The molecule has 18 heavy (non-hydrogen) atoms. The Bertz CT molecular complexity index is 524. The summed E-state index contributed by atoms with van der Waals surface area (Å²) in [6.07, 6.45) is 2.65. The predicted octanol–water partition coefficient (Wildman–Crippen LogP) is 4.35. The lowest BCUT2D eigenvalue weighted by Crippen LogP contribution is -2.13. The van der Waals surface area contributed by atoms with Gasteiger partial charge in [-0.05, 0) is 37.2 Å². The highest BCUT2D eigenvalue weighted by Crippen LogP contribution is 2.29. The summed E-state index contributed by atoms with van der Waals surface area (Å²) in [4.78, 5) is 0. The molecule has 1 aromatic heterocycles. The molecule has 2 aromatic rings. The minimum absolute atomic E-state index is 0.239. The highest BCUT2D eigenvalue weighted by molar-refractivity contribution is 9.10. The van der Waals surface area contributed by atoms with Crippen molar-refractivity contribution in [3.8, 4) is 11.1 Å². The fourth-order valence-corrected chi connectivity index (χ4v) is 2.16. The van der Waals surface area contributed by atoms with Gasteiger partial charge in [0.1, 0.15) is 11.6 Å². The maximum atomic E-state index is 13.8. The Hall–Kier alpha value is -1.13. The summed E-state index contributed by atoms with van der Waals surface area (Å²) < 4.78 is 20.1. The Kier molecular flexibility index (Phi) is 4.55. The van der Waals surface area contributed by atoms with E-state index in [0.29, 0.717) is 12.1 Å². The predicted molar refractivity (Wildman–Crippen MR) is 73.8 cm³/mol. The summed E-state index contributed by atoms with van der Waals surface area (Å²) in [5, 5.41) is 3.25. The smallest absolute Gasteiger partial charge is 0.131 e. The van der Waals surface area contributed by atoms with Crippen molar-refractivity contribution in [3.05, 3.63) is 46.6 Å². The lowest BCUT2D eigenvalue weighted by molar-refractivity contribution is 0.484. The highest BCUT2D eigenvalue weighted by Gasteiger charge is 2.12. The van der Waals surface area contributed by atoms with E-state index in [2.05, 4.69) is 28.2 Å². The number of halogens is 2. The molecule has 0 unspecified atom stereocenters. The fourth-order valence-electron chi connectivity index (χ4n) is 1.80. The zero-order chi connectivity index (χ0) is 13.0. The monoisotopic (exact) mass is 311 g/mol. The van der Waals surface area contributed by atoms with Crippen molar-refractivity contribution in [2.24, 2.45) is 0 Å². The second kappa shape index (κ2) is 6.16. The zero-order valence-corrected chi connectivity index (χ0v) is 11.8. The fraction of sp³-hybridized carbons (Fsp3) is 0.286. The molecular weight excluding hydrogens is 297 g/mol. The van der Waals surface area contributed by atoms with Crippen LogP contribution in [0.25, 0.3) is 11.1 Å². The second-order valence-electron chi connectivity index (χ2n) is 4.06. The van der Waals surface area contributed by atoms with Crippen molar-refractivity contribution < 1.29 is 8.81 Å². The van der Waals surface area contributed by atoms with Crippen LogP contribution in [0.15, 0.2) is 39.4 Å². The second-order valence-corrected chi connectivity index (χ2v) is 4.97. The van der Waals surface area contributed by atoms with Crippen LogP contribution in [-0.4, -0.2) is 6.54 Å². The quantitative estimate of drug-likeness (QED) is 0.831. The molecule has 0 atom stereocenters. The molecule has 96 valence electrons. The molecule has 0 bridgehead atoms. The first-order chi connectivity index (χ1) is 8.72. The third-order valence-electron chi connectivity index (χ3n) is 2.68. The minimum atomic E-state index is -0.239. The van der Waals surface area contributed by atoms with Crippen LogP contribution < -0.4 is 5.32 Å². The molecule has 1 heterocycles. The molecule has 0 saturated heterocycles. The van der Waals surface area contributed by atoms with E-state index in [1.54, 1.807) is 24.5 Å². The van der Waals surface area contributed by atoms with Gasteiger partial charge in [0, 0.05) is 15.6 Å². The van der Waals surface area contributed by atoms with Crippen molar-refractivity contribution in [3.63, 3.8) is 0 Å². The minimum Gasteiger partial charge on any atom is -0.467 e. The van der Waals surface area contributed by atoms with Gasteiger partial charge in [0.05, 0.1) is 12.8 Å². The number of furan rings is 1. The Labute approximate surface area is 114 Å². The van der Waals surface area contributed by atoms with Crippen LogP contribution in [0.3, 0.4) is 0 Å². The molecule has 0 aliphatic rings. The molecular formula is C14H15BrFNO. The summed E-state index contributed by atoms with van der Waals surface area (Å²) in [5.41, 5.74) is 1.36. The van der Waals surface area contributed by atoms with E-state index >= 15 is 0 Å². The third-order valence-corrected chi connectivity index (χ3v) is 3.17. The first kappa shape index (κ1) is 13.3. The number of benzene rings is 1.